The lowest BCUT2D eigenvalue weighted by Gasteiger charge is -2.24. The topological polar surface area (TPSA) is 47.5 Å². The lowest BCUT2D eigenvalue weighted by molar-refractivity contribution is -0.137. The zero-order valence-electron chi connectivity index (χ0n) is 16.4. The fourth-order valence-corrected chi connectivity index (χ4v) is 2.58. The molecule has 0 atom stereocenters. The predicted molar refractivity (Wildman–Crippen MR) is 102 cm³/mol. The highest BCUT2D eigenvalue weighted by molar-refractivity contribution is 5.68. The molecule has 2 rings (SSSR count). The van der Waals surface area contributed by atoms with E-state index in [0.29, 0.717) is 24.7 Å². The second kappa shape index (κ2) is 10.1. The minimum atomic E-state index is -4.59. The Morgan fingerprint density at radius 2 is 1.75 bits per heavy atom. The van der Waals surface area contributed by atoms with E-state index < -0.39 is 11.7 Å². The number of nitrogens with zero attached hydrogens (tertiary/aromatic N) is 3. The smallest absolute Gasteiger partial charge is 0.421 e. The number of ether oxygens (including phenoxy) is 2. The van der Waals surface area contributed by atoms with Crippen molar-refractivity contribution in [3.05, 3.63) is 36.0 Å². The highest BCUT2D eigenvalue weighted by atomic mass is 19.4. The van der Waals surface area contributed by atoms with E-state index in [2.05, 4.69) is 16.9 Å². The molecular formula is C20H26F3N3O2. The molecule has 0 aliphatic carbocycles. The van der Waals surface area contributed by atoms with E-state index in [1.807, 2.05) is 6.92 Å². The first-order valence-electron chi connectivity index (χ1n) is 9.41. The van der Waals surface area contributed by atoms with Gasteiger partial charge in [-0.1, -0.05) is 38.8 Å². The largest absolute Gasteiger partial charge is 0.491 e. The van der Waals surface area contributed by atoms with Crippen LogP contribution in [0.2, 0.25) is 0 Å². The van der Waals surface area contributed by atoms with Crippen molar-refractivity contribution >= 4 is 11.5 Å². The summed E-state index contributed by atoms with van der Waals surface area (Å²) in [5, 5.41) is 0. The van der Waals surface area contributed by atoms with Crippen molar-refractivity contribution in [2.75, 3.05) is 25.2 Å². The third-order valence-corrected chi connectivity index (χ3v) is 4.04. The van der Waals surface area contributed by atoms with Crippen molar-refractivity contribution in [3.8, 4) is 11.8 Å². The van der Waals surface area contributed by atoms with Gasteiger partial charge in [-0.3, -0.25) is 0 Å². The number of benzene rings is 1. The molecule has 1 aromatic carbocycles. The molecule has 0 fully saturated rings. The van der Waals surface area contributed by atoms with E-state index in [1.165, 1.54) is 11.9 Å². The van der Waals surface area contributed by atoms with Crippen LogP contribution in [-0.2, 0) is 6.18 Å². The molecule has 5 nitrogen and oxygen atoms in total. The highest BCUT2D eigenvalue weighted by Gasteiger charge is 2.37. The van der Waals surface area contributed by atoms with Crippen molar-refractivity contribution in [2.24, 2.45) is 0 Å². The highest BCUT2D eigenvalue weighted by Crippen LogP contribution is 2.40. The van der Waals surface area contributed by atoms with Gasteiger partial charge in [0.1, 0.15) is 11.3 Å². The van der Waals surface area contributed by atoms with Crippen LogP contribution in [-0.4, -0.2) is 30.2 Å². The lowest BCUT2D eigenvalue weighted by atomic mass is 10.2. The third-order valence-electron chi connectivity index (χ3n) is 4.04. The lowest BCUT2D eigenvalue weighted by Crippen LogP contribution is -2.20. The van der Waals surface area contributed by atoms with Crippen LogP contribution in [0.1, 0.15) is 45.1 Å². The van der Waals surface area contributed by atoms with Gasteiger partial charge in [-0.2, -0.15) is 18.2 Å². The predicted octanol–water partition coefficient (Wildman–Crippen LogP) is 5.62. The van der Waals surface area contributed by atoms with Crippen molar-refractivity contribution in [3.63, 3.8) is 0 Å². The monoisotopic (exact) mass is 397 g/mol. The minimum absolute atomic E-state index is 0.0714. The molecule has 0 bridgehead atoms. The van der Waals surface area contributed by atoms with Gasteiger partial charge in [-0.25, -0.2) is 4.98 Å². The fourth-order valence-electron chi connectivity index (χ4n) is 2.58. The van der Waals surface area contributed by atoms with Gasteiger partial charge in [0.05, 0.1) is 18.9 Å². The van der Waals surface area contributed by atoms with Crippen molar-refractivity contribution in [1.82, 2.24) is 9.97 Å². The molecule has 0 aliphatic rings. The zero-order valence-corrected chi connectivity index (χ0v) is 16.4. The Kier molecular flexibility index (Phi) is 7.90. The Hall–Kier alpha value is -2.51. The van der Waals surface area contributed by atoms with E-state index in [0.717, 1.165) is 31.9 Å². The van der Waals surface area contributed by atoms with E-state index in [4.69, 9.17) is 9.47 Å². The average Bonchev–Trinajstić information content (AvgIpc) is 2.68. The maximum atomic E-state index is 13.5. The van der Waals surface area contributed by atoms with E-state index in [1.54, 1.807) is 24.3 Å². The average molecular weight is 397 g/mol. The summed E-state index contributed by atoms with van der Waals surface area (Å²) in [6.07, 6.45) is -0.267. The molecule has 8 heteroatoms. The summed E-state index contributed by atoms with van der Waals surface area (Å²) >= 11 is 0. The van der Waals surface area contributed by atoms with Crippen molar-refractivity contribution in [2.45, 2.75) is 45.7 Å². The number of halogens is 3. The number of aromatic nitrogens is 2. The van der Waals surface area contributed by atoms with Gasteiger partial charge < -0.3 is 14.4 Å². The number of para-hydroxylation sites is 2. The summed E-state index contributed by atoms with van der Waals surface area (Å²) in [6, 6.07) is 6.85. The summed E-state index contributed by atoms with van der Waals surface area (Å²) in [6.45, 7) is 4.84. The quantitative estimate of drug-likeness (QED) is 0.487. The minimum Gasteiger partial charge on any atom is -0.491 e. The van der Waals surface area contributed by atoms with Crippen LogP contribution in [0, 0.1) is 0 Å². The molecule has 0 spiro atoms. The SMILES string of the molecule is CCCCCOc1ncc(C(F)(F)F)c(N(C)c2ccccc2OCCC)n1. The molecule has 0 saturated carbocycles. The molecule has 154 valence electrons. The van der Waals surface area contributed by atoms with E-state index in [9.17, 15) is 13.2 Å². The molecule has 0 N–H and O–H groups in total. The first kappa shape index (κ1) is 21.8. The zero-order chi connectivity index (χ0) is 20.6. The maximum Gasteiger partial charge on any atom is 0.421 e. The van der Waals surface area contributed by atoms with Crippen LogP contribution >= 0.6 is 0 Å². The summed E-state index contributed by atoms with van der Waals surface area (Å²) in [4.78, 5) is 9.15. The molecule has 1 heterocycles. The molecule has 1 aromatic heterocycles. The van der Waals surface area contributed by atoms with Crippen LogP contribution in [0.3, 0.4) is 0 Å². The number of hydrogen-bond donors (Lipinski definition) is 0. The maximum absolute atomic E-state index is 13.5. The van der Waals surface area contributed by atoms with Gasteiger partial charge in [-0.05, 0) is 25.0 Å². The van der Waals surface area contributed by atoms with E-state index >= 15 is 0 Å². The molecule has 0 radical (unpaired) electrons. The van der Waals surface area contributed by atoms with Crippen molar-refractivity contribution < 1.29 is 22.6 Å². The molecule has 0 saturated heterocycles. The number of hydrogen-bond acceptors (Lipinski definition) is 5. The molecule has 0 unspecified atom stereocenters. The van der Waals surface area contributed by atoms with Crippen LogP contribution in [0.5, 0.6) is 11.8 Å². The molecular weight excluding hydrogens is 371 g/mol. The van der Waals surface area contributed by atoms with Crippen LogP contribution < -0.4 is 14.4 Å². The molecule has 0 aliphatic heterocycles. The Labute approximate surface area is 163 Å². The second-order valence-corrected chi connectivity index (χ2v) is 6.32. The van der Waals surface area contributed by atoms with Gasteiger partial charge in [0.25, 0.3) is 0 Å². The Bertz CT molecular complexity index is 754. The first-order valence-corrected chi connectivity index (χ1v) is 9.41. The number of alkyl halides is 3. The summed E-state index contributed by atoms with van der Waals surface area (Å²) < 4.78 is 51.7. The summed E-state index contributed by atoms with van der Waals surface area (Å²) in [5.74, 6) is 0.213. The standard InChI is InChI=1S/C20H26F3N3O2/c1-4-6-9-13-28-19-24-14-15(20(21,22)23)18(25-19)26(3)16-10-7-8-11-17(16)27-12-5-2/h7-8,10-11,14H,4-6,9,12-13H2,1-3H3. The van der Waals surface area contributed by atoms with Gasteiger partial charge >= 0.3 is 12.2 Å². The summed E-state index contributed by atoms with van der Waals surface area (Å²) in [5.41, 5.74) is -0.446. The Morgan fingerprint density at radius 1 is 1.00 bits per heavy atom. The first-order chi connectivity index (χ1) is 13.4. The number of anilines is 2. The molecule has 0 amide bonds. The van der Waals surface area contributed by atoms with Gasteiger partial charge in [0.15, 0.2) is 5.82 Å². The third kappa shape index (κ3) is 5.74. The Balaban J connectivity index is 2.37. The molecule has 28 heavy (non-hydrogen) atoms. The van der Waals surface area contributed by atoms with Crippen LogP contribution in [0.15, 0.2) is 30.5 Å². The summed E-state index contributed by atoms with van der Waals surface area (Å²) in [7, 11) is 1.52. The number of unbranched alkanes of at least 4 members (excludes halogenated alkanes) is 2. The second-order valence-electron chi connectivity index (χ2n) is 6.32. The Morgan fingerprint density at radius 3 is 2.43 bits per heavy atom. The van der Waals surface area contributed by atoms with Gasteiger partial charge in [-0.15, -0.1) is 0 Å². The molecule has 2 aromatic rings. The van der Waals surface area contributed by atoms with E-state index in [-0.39, 0.29) is 11.8 Å². The normalized spacial score (nSPS) is 11.4. The number of rotatable bonds is 10. The van der Waals surface area contributed by atoms with Crippen LogP contribution in [0.25, 0.3) is 0 Å². The fraction of sp³-hybridized carbons (Fsp3) is 0.500. The van der Waals surface area contributed by atoms with Gasteiger partial charge in [0, 0.05) is 13.2 Å². The van der Waals surface area contributed by atoms with Crippen molar-refractivity contribution in [1.29, 1.82) is 0 Å². The van der Waals surface area contributed by atoms with Gasteiger partial charge in [0.2, 0.25) is 0 Å². The van der Waals surface area contributed by atoms with Crippen LogP contribution in [0.4, 0.5) is 24.7 Å².